The lowest BCUT2D eigenvalue weighted by Gasteiger charge is -2.22. The maximum atomic E-state index is 12.5. The van der Waals surface area contributed by atoms with Crippen LogP contribution in [0, 0.1) is 5.92 Å². The Morgan fingerprint density at radius 2 is 2.12 bits per heavy atom. The molecule has 1 amide bonds. The Hall–Kier alpha value is -1.35. The van der Waals surface area contributed by atoms with E-state index >= 15 is 0 Å². The lowest BCUT2D eigenvalue weighted by molar-refractivity contribution is -0.120. The SMILES string of the molecule is CCOc1ccc(NC(=O)C2CCCNC2)cc1S(=O)(=O)N(C)C.Cl. The lowest BCUT2D eigenvalue weighted by atomic mass is 9.99. The van der Waals surface area contributed by atoms with Crippen molar-refractivity contribution >= 4 is 34.0 Å². The zero-order chi connectivity index (χ0) is 17.7. The Balaban J connectivity index is 0.00000312. The quantitative estimate of drug-likeness (QED) is 0.770. The average Bonchev–Trinajstić information content (AvgIpc) is 2.57. The largest absolute Gasteiger partial charge is 0.492 e. The number of benzene rings is 1. The second-order valence-electron chi connectivity index (χ2n) is 5.91. The topological polar surface area (TPSA) is 87.7 Å². The van der Waals surface area contributed by atoms with Crippen LogP contribution < -0.4 is 15.4 Å². The number of nitrogens with one attached hydrogen (secondary N) is 2. The summed E-state index contributed by atoms with van der Waals surface area (Å²) in [4.78, 5) is 12.4. The second-order valence-corrected chi connectivity index (χ2v) is 8.03. The number of sulfonamides is 1. The van der Waals surface area contributed by atoms with Crippen molar-refractivity contribution in [2.45, 2.75) is 24.7 Å². The van der Waals surface area contributed by atoms with Gasteiger partial charge in [0, 0.05) is 26.3 Å². The first-order valence-electron chi connectivity index (χ1n) is 8.07. The van der Waals surface area contributed by atoms with Gasteiger partial charge in [-0.15, -0.1) is 12.4 Å². The molecule has 1 aromatic rings. The first-order valence-corrected chi connectivity index (χ1v) is 9.51. The van der Waals surface area contributed by atoms with E-state index in [1.807, 2.05) is 0 Å². The Labute approximate surface area is 155 Å². The molecule has 1 aliphatic heterocycles. The Kier molecular flexibility index (Phi) is 8.14. The summed E-state index contributed by atoms with van der Waals surface area (Å²) in [6.07, 6.45) is 1.79. The highest BCUT2D eigenvalue weighted by Crippen LogP contribution is 2.29. The summed E-state index contributed by atoms with van der Waals surface area (Å²) in [6.45, 7) is 3.72. The van der Waals surface area contributed by atoms with Crippen molar-refractivity contribution in [3.8, 4) is 5.75 Å². The minimum absolute atomic E-state index is 0. The average molecular weight is 392 g/mol. The van der Waals surface area contributed by atoms with E-state index in [1.54, 1.807) is 19.1 Å². The number of piperidine rings is 1. The van der Waals surface area contributed by atoms with Gasteiger partial charge in [-0.05, 0) is 44.5 Å². The molecule has 0 bridgehead atoms. The first-order chi connectivity index (χ1) is 11.4. The third kappa shape index (κ3) is 5.31. The first kappa shape index (κ1) is 21.7. The molecule has 1 atom stereocenters. The molecule has 0 saturated carbocycles. The Morgan fingerprint density at radius 1 is 1.40 bits per heavy atom. The van der Waals surface area contributed by atoms with Gasteiger partial charge in [0.2, 0.25) is 15.9 Å². The van der Waals surface area contributed by atoms with Gasteiger partial charge in [-0.25, -0.2) is 12.7 Å². The third-order valence-electron chi connectivity index (χ3n) is 3.94. The second kappa shape index (κ2) is 9.38. The van der Waals surface area contributed by atoms with Gasteiger partial charge in [-0.3, -0.25) is 4.79 Å². The summed E-state index contributed by atoms with van der Waals surface area (Å²) in [5.41, 5.74) is 0.453. The molecular formula is C16H26ClN3O4S. The van der Waals surface area contributed by atoms with E-state index in [0.29, 0.717) is 18.8 Å². The summed E-state index contributed by atoms with van der Waals surface area (Å²) in [5, 5.41) is 6.01. The van der Waals surface area contributed by atoms with E-state index in [9.17, 15) is 13.2 Å². The van der Waals surface area contributed by atoms with E-state index in [2.05, 4.69) is 10.6 Å². The molecule has 1 fully saturated rings. The molecule has 142 valence electrons. The van der Waals surface area contributed by atoms with Gasteiger partial charge in [-0.1, -0.05) is 0 Å². The zero-order valence-electron chi connectivity index (χ0n) is 14.7. The van der Waals surface area contributed by atoms with Crippen molar-refractivity contribution in [1.82, 2.24) is 9.62 Å². The summed E-state index contributed by atoms with van der Waals surface area (Å²) in [6, 6.07) is 4.69. The van der Waals surface area contributed by atoms with Crippen molar-refractivity contribution < 1.29 is 17.9 Å². The minimum Gasteiger partial charge on any atom is -0.492 e. The number of hydrogen-bond donors (Lipinski definition) is 2. The maximum Gasteiger partial charge on any atom is 0.246 e. The minimum atomic E-state index is -3.67. The molecule has 0 spiro atoms. The molecule has 9 heteroatoms. The van der Waals surface area contributed by atoms with Crippen LogP contribution in [0.3, 0.4) is 0 Å². The highest BCUT2D eigenvalue weighted by molar-refractivity contribution is 7.89. The Morgan fingerprint density at radius 3 is 2.68 bits per heavy atom. The zero-order valence-corrected chi connectivity index (χ0v) is 16.4. The van der Waals surface area contributed by atoms with Crippen LogP contribution in [-0.2, 0) is 14.8 Å². The summed E-state index contributed by atoms with van der Waals surface area (Å²) >= 11 is 0. The van der Waals surface area contributed by atoms with E-state index in [-0.39, 0.29) is 34.9 Å². The van der Waals surface area contributed by atoms with Crippen LogP contribution in [0.5, 0.6) is 5.75 Å². The molecular weight excluding hydrogens is 366 g/mol. The number of amides is 1. The third-order valence-corrected chi connectivity index (χ3v) is 5.77. The van der Waals surface area contributed by atoms with Crippen LogP contribution in [0.4, 0.5) is 5.69 Å². The van der Waals surface area contributed by atoms with Crippen molar-refractivity contribution in [1.29, 1.82) is 0 Å². The lowest BCUT2D eigenvalue weighted by Crippen LogP contribution is -2.37. The fourth-order valence-electron chi connectivity index (χ4n) is 2.58. The van der Waals surface area contributed by atoms with E-state index in [4.69, 9.17) is 4.74 Å². The number of rotatable bonds is 6. The number of hydrogen-bond acceptors (Lipinski definition) is 5. The summed E-state index contributed by atoms with van der Waals surface area (Å²) < 4.78 is 31.5. The predicted molar refractivity (Wildman–Crippen MR) is 100.0 cm³/mol. The number of anilines is 1. The molecule has 2 rings (SSSR count). The normalized spacial score (nSPS) is 17.7. The van der Waals surface area contributed by atoms with Crippen LogP contribution in [-0.4, -0.2) is 52.4 Å². The molecule has 0 radical (unpaired) electrons. The van der Waals surface area contributed by atoms with Crippen molar-refractivity contribution in [2.24, 2.45) is 5.92 Å². The van der Waals surface area contributed by atoms with E-state index in [0.717, 1.165) is 23.7 Å². The predicted octanol–water partition coefficient (Wildman–Crippen LogP) is 1.70. The van der Waals surface area contributed by atoms with Gasteiger partial charge in [0.25, 0.3) is 0 Å². The molecule has 2 N–H and O–H groups in total. The van der Waals surface area contributed by atoms with Gasteiger partial charge in [-0.2, -0.15) is 0 Å². The number of ether oxygens (including phenoxy) is 1. The molecule has 1 aliphatic rings. The maximum absolute atomic E-state index is 12.5. The number of carbonyl (C=O) groups excluding carboxylic acids is 1. The number of carbonyl (C=O) groups is 1. The van der Waals surface area contributed by atoms with Gasteiger partial charge in [0.15, 0.2) is 0 Å². The summed E-state index contributed by atoms with van der Waals surface area (Å²) in [5.74, 6) is 0.0855. The van der Waals surface area contributed by atoms with Crippen LogP contribution >= 0.6 is 12.4 Å². The highest BCUT2D eigenvalue weighted by atomic mass is 35.5. The van der Waals surface area contributed by atoms with Gasteiger partial charge in [0.05, 0.1) is 12.5 Å². The van der Waals surface area contributed by atoms with Gasteiger partial charge in [0.1, 0.15) is 10.6 Å². The standard InChI is InChI=1S/C16H25N3O4S.ClH/c1-4-23-14-8-7-13(10-15(14)24(21,22)19(2)3)18-16(20)12-6-5-9-17-11-12;/h7-8,10,12,17H,4-6,9,11H2,1-3H3,(H,18,20);1H. The molecule has 7 nitrogen and oxygen atoms in total. The monoisotopic (exact) mass is 391 g/mol. The van der Waals surface area contributed by atoms with Crippen molar-refractivity contribution in [3.63, 3.8) is 0 Å². The van der Waals surface area contributed by atoms with Crippen LogP contribution in [0.1, 0.15) is 19.8 Å². The Bertz CT molecular complexity index is 689. The van der Waals surface area contributed by atoms with Crippen LogP contribution in [0.25, 0.3) is 0 Å². The molecule has 1 aromatic carbocycles. The number of halogens is 1. The van der Waals surface area contributed by atoms with Crippen molar-refractivity contribution in [3.05, 3.63) is 18.2 Å². The molecule has 25 heavy (non-hydrogen) atoms. The van der Waals surface area contributed by atoms with Crippen LogP contribution in [0.2, 0.25) is 0 Å². The highest BCUT2D eigenvalue weighted by Gasteiger charge is 2.25. The van der Waals surface area contributed by atoms with Crippen molar-refractivity contribution in [2.75, 3.05) is 39.1 Å². The number of nitrogens with zero attached hydrogens (tertiary/aromatic N) is 1. The van der Waals surface area contributed by atoms with Crippen LogP contribution in [0.15, 0.2) is 23.1 Å². The molecule has 1 heterocycles. The summed E-state index contributed by atoms with van der Waals surface area (Å²) in [7, 11) is -0.744. The van der Waals surface area contributed by atoms with Gasteiger partial charge >= 0.3 is 0 Å². The van der Waals surface area contributed by atoms with E-state index in [1.165, 1.54) is 20.2 Å². The smallest absolute Gasteiger partial charge is 0.246 e. The molecule has 1 unspecified atom stereocenters. The molecule has 0 aliphatic carbocycles. The fraction of sp³-hybridized carbons (Fsp3) is 0.562. The van der Waals surface area contributed by atoms with Gasteiger partial charge < -0.3 is 15.4 Å². The fourth-order valence-corrected chi connectivity index (χ4v) is 3.63. The molecule has 1 saturated heterocycles. The molecule has 0 aromatic heterocycles. The van der Waals surface area contributed by atoms with E-state index < -0.39 is 10.0 Å².